The quantitative estimate of drug-likeness (QED) is 0.584. The van der Waals surface area contributed by atoms with E-state index in [9.17, 15) is 0 Å². The highest BCUT2D eigenvalue weighted by Crippen LogP contribution is 2.13. The standard InChI is InChI=1S/C18H29NO/c1-5-12-19(15-16(3)4)13-7-14-20-18-10-8-17(6-2)9-11-18/h6,8-11,16H,2,5,7,12-15H2,1,3-4H3. The lowest BCUT2D eigenvalue weighted by Crippen LogP contribution is -2.30. The molecule has 0 aliphatic carbocycles. The van der Waals surface area contributed by atoms with E-state index < -0.39 is 0 Å². The van der Waals surface area contributed by atoms with Gasteiger partial charge in [0.2, 0.25) is 0 Å². The molecule has 20 heavy (non-hydrogen) atoms. The van der Waals surface area contributed by atoms with Crippen molar-refractivity contribution < 1.29 is 4.74 Å². The molecule has 0 unspecified atom stereocenters. The van der Waals surface area contributed by atoms with Crippen molar-refractivity contribution in [3.05, 3.63) is 36.4 Å². The molecule has 2 nitrogen and oxygen atoms in total. The van der Waals surface area contributed by atoms with E-state index >= 15 is 0 Å². The lowest BCUT2D eigenvalue weighted by Gasteiger charge is -2.23. The van der Waals surface area contributed by atoms with E-state index in [1.54, 1.807) is 0 Å². The zero-order valence-electron chi connectivity index (χ0n) is 13.3. The molecule has 1 aromatic carbocycles. The van der Waals surface area contributed by atoms with Crippen molar-refractivity contribution in [2.75, 3.05) is 26.2 Å². The summed E-state index contributed by atoms with van der Waals surface area (Å²) in [6.45, 7) is 14.8. The Kier molecular flexibility index (Phi) is 8.05. The van der Waals surface area contributed by atoms with Crippen molar-refractivity contribution in [1.82, 2.24) is 4.90 Å². The SMILES string of the molecule is C=Cc1ccc(OCCCN(CCC)CC(C)C)cc1. The normalized spacial score (nSPS) is 11.1. The van der Waals surface area contributed by atoms with Crippen LogP contribution in [0.25, 0.3) is 6.08 Å². The molecule has 0 saturated heterocycles. The molecular weight excluding hydrogens is 246 g/mol. The average molecular weight is 275 g/mol. The third-order valence-corrected chi connectivity index (χ3v) is 3.17. The number of ether oxygens (including phenoxy) is 1. The van der Waals surface area contributed by atoms with Crippen molar-refractivity contribution in [2.24, 2.45) is 5.92 Å². The molecule has 0 aliphatic heterocycles. The lowest BCUT2D eigenvalue weighted by atomic mass is 10.2. The van der Waals surface area contributed by atoms with Gasteiger partial charge in [-0.2, -0.15) is 0 Å². The topological polar surface area (TPSA) is 12.5 Å². The Labute approximate surface area is 124 Å². The van der Waals surface area contributed by atoms with Crippen LogP contribution in [0.2, 0.25) is 0 Å². The van der Waals surface area contributed by atoms with Crippen molar-refractivity contribution in [3.63, 3.8) is 0 Å². The van der Waals surface area contributed by atoms with Crippen LogP contribution in [-0.4, -0.2) is 31.1 Å². The summed E-state index contributed by atoms with van der Waals surface area (Å²) in [5.74, 6) is 1.68. The minimum absolute atomic E-state index is 0.730. The van der Waals surface area contributed by atoms with E-state index in [1.807, 2.05) is 30.3 Å². The Morgan fingerprint density at radius 1 is 1.20 bits per heavy atom. The molecule has 0 bridgehead atoms. The van der Waals surface area contributed by atoms with Gasteiger partial charge in [-0.15, -0.1) is 0 Å². The largest absolute Gasteiger partial charge is 0.494 e. The molecule has 0 radical (unpaired) electrons. The fraction of sp³-hybridized carbons (Fsp3) is 0.556. The first-order valence-electron chi connectivity index (χ1n) is 7.73. The second-order valence-electron chi connectivity index (χ2n) is 5.67. The summed E-state index contributed by atoms with van der Waals surface area (Å²) in [5, 5.41) is 0. The van der Waals surface area contributed by atoms with Gasteiger partial charge in [-0.05, 0) is 43.0 Å². The number of rotatable bonds is 10. The predicted molar refractivity (Wildman–Crippen MR) is 88.2 cm³/mol. The van der Waals surface area contributed by atoms with Crippen molar-refractivity contribution in [3.8, 4) is 5.75 Å². The Bertz CT molecular complexity index is 370. The molecular formula is C18H29NO. The minimum atomic E-state index is 0.730. The summed E-state index contributed by atoms with van der Waals surface area (Å²) in [4.78, 5) is 2.54. The smallest absolute Gasteiger partial charge is 0.119 e. The van der Waals surface area contributed by atoms with Crippen LogP contribution in [0.5, 0.6) is 5.75 Å². The maximum atomic E-state index is 5.78. The maximum Gasteiger partial charge on any atom is 0.119 e. The average Bonchev–Trinajstić information content (AvgIpc) is 2.44. The Morgan fingerprint density at radius 2 is 1.90 bits per heavy atom. The molecule has 1 aromatic rings. The van der Waals surface area contributed by atoms with E-state index in [2.05, 4.69) is 32.3 Å². The fourth-order valence-corrected chi connectivity index (χ4v) is 2.31. The summed E-state index contributed by atoms with van der Waals surface area (Å²) in [7, 11) is 0. The van der Waals surface area contributed by atoms with Crippen molar-refractivity contribution in [2.45, 2.75) is 33.6 Å². The molecule has 1 rings (SSSR count). The zero-order chi connectivity index (χ0) is 14.8. The van der Waals surface area contributed by atoms with Gasteiger partial charge < -0.3 is 9.64 Å². The van der Waals surface area contributed by atoms with E-state index in [0.717, 1.165) is 36.8 Å². The minimum Gasteiger partial charge on any atom is -0.494 e. The first kappa shape index (κ1) is 16.8. The van der Waals surface area contributed by atoms with Gasteiger partial charge in [-0.3, -0.25) is 0 Å². The maximum absolute atomic E-state index is 5.78. The molecule has 0 fully saturated rings. The van der Waals surface area contributed by atoms with Gasteiger partial charge in [0.15, 0.2) is 0 Å². The highest BCUT2D eigenvalue weighted by Gasteiger charge is 2.06. The first-order valence-corrected chi connectivity index (χ1v) is 7.73. The Balaban J connectivity index is 2.26. The lowest BCUT2D eigenvalue weighted by molar-refractivity contribution is 0.216. The summed E-state index contributed by atoms with van der Waals surface area (Å²) >= 11 is 0. The van der Waals surface area contributed by atoms with Crippen LogP contribution in [0.15, 0.2) is 30.8 Å². The molecule has 0 aliphatic rings. The Hall–Kier alpha value is -1.28. The van der Waals surface area contributed by atoms with Crippen LogP contribution in [0.1, 0.15) is 39.2 Å². The van der Waals surface area contributed by atoms with Gasteiger partial charge in [0.1, 0.15) is 5.75 Å². The molecule has 112 valence electrons. The third kappa shape index (κ3) is 6.76. The Morgan fingerprint density at radius 3 is 2.45 bits per heavy atom. The van der Waals surface area contributed by atoms with Crippen molar-refractivity contribution >= 4 is 6.08 Å². The highest BCUT2D eigenvalue weighted by atomic mass is 16.5. The third-order valence-electron chi connectivity index (χ3n) is 3.17. The van der Waals surface area contributed by atoms with Crippen LogP contribution in [0.4, 0.5) is 0 Å². The van der Waals surface area contributed by atoms with Crippen LogP contribution in [-0.2, 0) is 0 Å². The molecule has 0 heterocycles. The van der Waals surface area contributed by atoms with Crippen LogP contribution < -0.4 is 4.74 Å². The van der Waals surface area contributed by atoms with E-state index in [0.29, 0.717) is 0 Å². The number of hydrogen-bond donors (Lipinski definition) is 0. The van der Waals surface area contributed by atoms with Crippen molar-refractivity contribution in [1.29, 1.82) is 0 Å². The number of benzene rings is 1. The van der Waals surface area contributed by atoms with Gasteiger partial charge in [0.25, 0.3) is 0 Å². The zero-order valence-corrected chi connectivity index (χ0v) is 13.3. The molecule has 0 N–H and O–H groups in total. The summed E-state index contributed by atoms with van der Waals surface area (Å²) in [6, 6.07) is 8.08. The molecule has 0 saturated carbocycles. The predicted octanol–water partition coefficient (Wildman–Crippen LogP) is 4.47. The second kappa shape index (κ2) is 9.60. The van der Waals surface area contributed by atoms with Crippen LogP contribution >= 0.6 is 0 Å². The van der Waals surface area contributed by atoms with E-state index in [-0.39, 0.29) is 0 Å². The summed E-state index contributed by atoms with van der Waals surface area (Å²) < 4.78 is 5.78. The van der Waals surface area contributed by atoms with Crippen LogP contribution in [0.3, 0.4) is 0 Å². The van der Waals surface area contributed by atoms with Gasteiger partial charge in [0.05, 0.1) is 6.61 Å². The molecule has 0 amide bonds. The van der Waals surface area contributed by atoms with E-state index in [1.165, 1.54) is 19.5 Å². The number of hydrogen-bond acceptors (Lipinski definition) is 2. The molecule has 0 spiro atoms. The molecule has 2 heteroatoms. The summed E-state index contributed by atoms with van der Waals surface area (Å²) in [5.41, 5.74) is 1.13. The van der Waals surface area contributed by atoms with Gasteiger partial charge in [0, 0.05) is 13.1 Å². The van der Waals surface area contributed by atoms with Gasteiger partial charge >= 0.3 is 0 Å². The fourth-order valence-electron chi connectivity index (χ4n) is 2.31. The first-order chi connectivity index (χ1) is 9.65. The molecule has 0 atom stereocenters. The monoisotopic (exact) mass is 275 g/mol. The van der Waals surface area contributed by atoms with Crippen LogP contribution in [0, 0.1) is 5.92 Å². The van der Waals surface area contributed by atoms with Gasteiger partial charge in [-0.1, -0.05) is 45.6 Å². The summed E-state index contributed by atoms with van der Waals surface area (Å²) in [6.07, 6.45) is 4.14. The second-order valence-corrected chi connectivity index (χ2v) is 5.67. The highest BCUT2D eigenvalue weighted by molar-refractivity contribution is 5.48. The molecule has 0 aromatic heterocycles. The number of nitrogens with zero attached hydrogens (tertiary/aromatic N) is 1. The van der Waals surface area contributed by atoms with Gasteiger partial charge in [-0.25, -0.2) is 0 Å². The van der Waals surface area contributed by atoms with E-state index in [4.69, 9.17) is 4.74 Å².